The number of hydrogen-bond donors (Lipinski definition) is 1. The highest BCUT2D eigenvalue weighted by Crippen LogP contribution is 2.01. The molecule has 84 valence electrons. The Hall–Kier alpha value is -1.03. The second-order valence-corrected chi connectivity index (χ2v) is 3.97. The Labute approximate surface area is 94.6 Å². The number of nitrogens with zero attached hydrogens (tertiary/aromatic N) is 2. The molecular weight excluding hydrogens is 214 g/mol. The van der Waals surface area contributed by atoms with E-state index >= 15 is 0 Å². The van der Waals surface area contributed by atoms with Crippen LogP contribution in [-0.2, 0) is 7.05 Å². The first-order valence-corrected chi connectivity index (χ1v) is 5.51. The molecule has 1 amide bonds. The van der Waals surface area contributed by atoms with Crippen molar-refractivity contribution in [2.45, 2.75) is 25.8 Å². The highest BCUT2D eigenvalue weighted by molar-refractivity contribution is 6.17. The van der Waals surface area contributed by atoms with Gasteiger partial charge >= 0.3 is 0 Å². The third-order valence-electron chi connectivity index (χ3n) is 2.20. The van der Waals surface area contributed by atoms with Crippen molar-refractivity contribution in [1.82, 2.24) is 14.9 Å². The standard InChI is InChI=1S/C10H16ClN3O/c1-8(4-3-5-11)13-10(15)9-6-12-7-14(9)2/h6-8H,3-5H2,1-2H3,(H,13,15). The Morgan fingerprint density at radius 2 is 2.47 bits per heavy atom. The van der Waals surface area contributed by atoms with Crippen LogP contribution < -0.4 is 5.32 Å². The molecule has 0 aliphatic carbocycles. The summed E-state index contributed by atoms with van der Waals surface area (Å²) in [5, 5.41) is 2.90. The Morgan fingerprint density at radius 3 is 3.00 bits per heavy atom. The molecule has 1 aromatic rings. The first-order valence-electron chi connectivity index (χ1n) is 4.98. The predicted octanol–water partition coefficient (Wildman–Crippen LogP) is 1.56. The zero-order chi connectivity index (χ0) is 11.3. The molecule has 5 heteroatoms. The summed E-state index contributed by atoms with van der Waals surface area (Å²) in [7, 11) is 1.80. The molecule has 0 bridgehead atoms. The van der Waals surface area contributed by atoms with Crippen molar-refractivity contribution in [2.75, 3.05) is 5.88 Å². The number of carbonyl (C=O) groups excluding carboxylic acids is 1. The molecular formula is C10H16ClN3O. The zero-order valence-electron chi connectivity index (χ0n) is 9.03. The number of hydrogen-bond acceptors (Lipinski definition) is 2. The van der Waals surface area contributed by atoms with E-state index in [2.05, 4.69) is 10.3 Å². The topological polar surface area (TPSA) is 46.9 Å². The largest absolute Gasteiger partial charge is 0.348 e. The van der Waals surface area contributed by atoms with Crippen molar-refractivity contribution in [3.63, 3.8) is 0 Å². The number of aryl methyl sites for hydroxylation is 1. The first-order chi connectivity index (χ1) is 7.15. The molecule has 1 unspecified atom stereocenters. The van der Waals surface area contributed by atoms with Crippen molar-refractivity contribution in [3.05, 3.63) is 18.2 Å². The Kier molecular flexibility index (Phi) is 4.62. The molecule has 1 heterocycles. The lowest BCUT2D eigenvalue weighted by Crippen LogP contribution is -2.33. The molecule has 0 radical (unpaired) electrons. The molecule has 0 saturated heterocycles. The van der Waals surface area contributed by atoms with Gasteiger partial charge in [-0.15, -0.1) is 11.6 Å². The predicted molar refractivity (Wildman–Crippen MR) is 60.1 cm³/mol. The van der Waals surface area contributed by atoms with E-state index in [9.17, 15) is 4.79 Å². The average molecular weight is 230 g/mol. The number of halogens is 1. The van der Waals surface area contributed by atoms with Crippen molar-refractivity contribution >= 4 is 17.5 Å². The minimum atomic E-state index is -0.0860. The van der Waals surface area contributed by atoms with Crippen LogP contribution in [0.1, 0.15) is 30.3 Å². The molecule has 0 saturated carbocycles. The van der Waals surface area contributed by atoms with Crippen LogP contribution in [0.25, 0.3) is 0 Å². The molecule has 0 spiro atoms. The van der Waals surface area contributed by atoms with Crippen molar-refractivity contribution in [3.8, 4) is 0 Å². The normalized spacial score (nSPS) is 12.5. The maximum absolute atomic E-state index is 11.7. The summed E-state index contributed by atoms with van der Waals surface area (Å²) < 4.78 is 1.70. The fourth-order valence-electron chi connectivity index (χ4n) is 1.33. The fourth-order valence-corrected chi connectivity index (χ4v) is 1.48. The van der Waals surface area contributed by atoms with Gasteiger partial charge in [0.05, 0.1) is 12.5 Å². The minimum Gasteiger partial charge on any atom is -0.348 e. The molecule has 1 rings (SSSR count). The van der Waals surface area contributed by atoms with Crippen molar-refractivity contribution < 1.29 is 4.79 Å². The van der Waals surface area contributed by atoms with E-state index in [4.69, 9.17) is 11.6 Å². The Bertz CT molecular complexity index is 324. The van der Waals surface area contributed by atoms with Gasteiger partial charge in [0, 0.05) is 19.0 Å². The summed E-state index contributed by atoms with van der Waals surface area (Å²) in [6.07, 6.45) is 4.98. The van der Waals surface area contributed by atoms with Crippen molar-refractivity contribution in [2.24, 2.45) is 7.05 Å². The number of carbonyl (C=O) groups is 1. The number of rotatable bonds is 5. The maximum Gasteiger partial charge on any atom is 0.269 e. The van der Waals surface area contributed by atoms with Gasteiger partial charge in [-0.25, -0.2) is 4.98 Å². The summed E-state index contributed by atoms with van der Waals surface area (Å²) >= 11 is 5.58. The molecule has 4 nitrogen and oxygen atoms in total. The molecule has 1 N–H and O–H groups in total. The highest BCUT2D eigenvalue weighted by Gasteiger charge is 2.12. The molecule has 0 aliphatic rings. The number of aromatic nitrogens is 2. The van der Waals surface area contributed by atoms with Crippen LogP contribution in [-0.4, -0.2) is 27.4 Å². The van der Waals surface area contributed by atoms with E-state index in [-0.39, 0.29) is 11.9 Å². The van der Waals surface area contributed by atoms with Gasteiger partial charge in [-0.2, -0.15) is 0 Å². The second-order valence-electron chi connectivity index (χ2n) is 3.60. The van der Waals surface area contributed by atoms with E-state index < -0.39 is 0 Å². The van der Waals surface area contributed by atoms with Crippen LogP contribution in [0.4, 0.5) is 0 Å². The molecule has 1 aromatic heterocycles. The van der Waals surface area contributed by atoms with E-state index in [1.54, 1.807) is 24.1 Å². The summed E-state index contributed by atoms with van der Waals surface area (Å²) in [5.41, 5.74) is 0.577. The molecule has 0 aliphatic heterocycles. The Morgan fingerprint density at radius 1 is 1.73 bits per heavy atom. The fraction of sp³-hybridized carbons (Fsp3) is 0.600. The van der Waals surface area contributed by atoms with E-state index in [1.807, 2.05) is 6.92 Å². The van der Waals surface area contributed by atoms with Crippen LogP contribution in [0.15, 0.2) is 12.5 Å². The molecule has 15 heavy (non-hydrogen) atoms. The molecule has 0 aromatic carbocycles. The lowest BCUT2D eigenvalue weighted by molar-refractivity contribution is 0.0930. The van der Waals surface area contributed by atoms with Gasteiger partial charge in [0.1, 0.15) is 5.69 Å². The minimum absolute atomic E-state index is 0.0860. The average Bonchev–Trinajstić information content (AvgIpc) is 2.61. The first kappa shape index (κ1) is 12.0. The third kappa shape index (κ3) is 3.55. The van der Waals surface area contributed by atoms with Crippen LogP contribution in [0.2, 0.25) is 0 Å². The van der Waals surface area contributed by atoms with Gasteiger partial charge in [-0.05, 0) is 19.8 Å². The SMILES string of the molecule is CC(CCCCl)NC(=O)c1cncn1C. The van der Waals surface area contributed by atoms with E-state index in [0.717, 1.165) is 12.8 Å². The third-order valence-corrected chi connectivity index (χ3v) is 2.46. The quantitative estimate of drug-likeness (QED) is 0.779. The van der Waals surface area contributed by atoms with Crippen LogP contribution in [0, 0.1) is 0 Å². The van der Waals surface area contributed by atoms with Crippen LogP contribution >= 0.6 is 11.6 Å². The van der Waals surface area contributed by atoms with Crippen molar-refractivity contribution in [1.29, 1.82) is 0 Å². The monoisotopic (exact) mass is 229 g/mol. The van der Waals surface area contributed by atoms with E-state index in [0.29, 0.717) is 11.6 Å². The summed E-state index contributed by atoms with van der Waals surface area (Å²) in [6, 6.07) is 0.145. The Balaban J connectivity index is 2.46. The van der Waals surface area contributed by atoms with Gasteiger partial charge in [-0.3, -0.25) is 4.79 Å². The summed E-state index contributed by atoms with van der Waals surface area (Å²) in [5.74, 6) is 0.545. The summed E-state index contributed by atoms with van der Waals surface area (Å²) in [4.78, 5) is 15.6. The van der Waals surface area contributed by atoms with Gasteiger partial charge in [0.25, 0.3) is 5.91 Å². The molecule has 1 atom stereocenters. The number of imidazole rings is 1. The van der Waals surface area contributed by atoms with E-state index in [1.165, 1.54) is 0 Å². The summed E-state index contributed by atoms with van der Waals surface area (Å²) in [6.45, 7) is 1.97. The maximum atomic E-state index is 11.7. The van der Waals surface area contributed by atoms with Gasteiger partial charge in [-0.1, -0.05) is 0 Å². The number of nitrogens with one attached hydrogen (secondary N) is 1. The lowest BCUT2D eigenvalue weighted by Gasteiger charge is -2.12. The van der Waals surface area contributed by atoms with Gasteiger partial charge < -0.3 is 9.88 Å². The second kappa shape index (κ2) is 5.75. The highest BCUT2D eigenvalue weighted by atomic mass is 35.5. The number of alkyl halides is 1. The zero-order valence-corrected chi connectivity index (χ0v) is 9.79. The van der Waals surface area contributed by atoms with Gasteiger partial charge in [0.15, 0.2) is 0 Å². The van der Waals surface area contributed by atoms with Crippen LogP contribution in [0.3, 0.4) is 0 Å². The smallest absolute Gasteiger partial charge is 0.269 e. The van der Waals surface area contributed by atoms with Crippen LogP contribution in [0.5, 0.6) is 0 Å². The number of amides is 1. The van der Waals surface area contributed by atoms with Gasteiger partial charge in [0.2, 0.25) is 0 Å². The molecule has 0 fully saturated rings. The lowest BCUT2D eigenvalue weighted by atomic mass is 10.2.